The van der Waals surface area contributed by atoms with Gasteiger partial charge in [-0.15, -0.1) is 0 Å². The van der Waals surface area contributed by atoms with Crippen molar-refractivity contribution in [2.45, 2.75) is 6.92 Å². The van der Waals surface area contributed by atoms with Gasteiger partial charge in [-0.3, -0.25) is 0 Å². The minimum Gasteiger partial charge on any atom is -0.400 e. The maximum Gasteiger partial charge on any atom is 0.369 e. The van der Waals surface area contributed by atoms with Crippen molar-refractivity contribution in [1.82, 2.24) is 5.01 Å². The van der Waals surface area contributed by atoms with Crippen LogP contribution in [0.1, 0.15) is 6.92 Å². The van der Waals surface area contributed by atoms with E-state index >= 15 is 0 Å². The quantitative estimate of drug-likeness (QED) is 0.398. The highest BCUT2D eigenvalue weighted by Crippen LogP contribution is 2.07. The molecule has 0 spiro atoms. The minimum atomic E-state index is -0.737. The van der Waals surface area contributed by atoms with Gasteiger partial charge >= 0.3 is 6.03 Å². The van der Waals surface area contributed by atoms with Crippen LogP contribution in [0.25, 0.3) is 0 Å². The van der Waals surface area contributed by atoms with Gasteiger partial charge in [0.15, 0.2) is 0 Å². The first-order valence-electron chi connectivity index (χ1n) is 3.65. The lowest BCUT2D eigenvalue weighted by Gasteiger charge is -2.13. The summed E-state index contributed by atoms with van der Waals surface area (Å²) >= 11 is 0. The number of nitrogens with one attached hydrogen (secondary N) is 1. The molecule has 0 aliphatic heterocycles. The number of nitrogens with zero attached hydrogens (tertiary/aromatic N) is 4. The Kier molecular flexibility index (Phi) is 4.76. The number of amides is 2. The summed E-state index contributed by atoms with van der Waals surface area (Å²) in [4.78, 5) is 14.3. The number of carbonyl (C=O) groups excluding carboxylic acids is 1. The molecule has 7 nitrogen and oxygen atoms in total. The minimum absolute atomic E-state index is 0.119. The van der Waals surface area contributed by atoms with E-state index in [0.717, 1.165) is 11.2 Å². The van der Waals surface area contributed by atoms with Gasteiger partial charge in [0.1, 0.15) is 5.70 Å². The maximum atomic E-state index is 11.2. The van der Waals surface area contributed by atoms with E-state index < -0.39 is 6.03 Å². The molecular weight excluding hydrogens is 184 g/mol. The molecule has 3 N–H and O–H groups in total. The summed E-state index contributed by atoms with van der Waals surface area (Å²) in [6.45, 7) is 4.60. The van der Waals surface area contributed by atoms with Crippen LogP contribution in [0.4, 0.5) is 4.79 Å². The molecule has 0 fully saturated rings. The Balaban J connectivity index is 5.19. The van der Waals surface area contributed by atoms with E-state index in [1.807, 2.05) is 0 Å². The summed E-state index contributed by atoms with van der Waals surface area (Å²) in [5.41, 5.74) is 5.83. The Bertz CT molecular complexity index is 301. The van der Waals surface area contributed by atoms with Gasteiger partial charge in [0.2, 0.25) is 0 Å². The second-order valence-electron chi connectivity index (χ2n) is 2.25. The maximum absolute atomic E-state index is 11.2. The van der Waals surface area contributed by atoms with Gasteiger partial charge in [-0.25, -0.2) is 9.79 Å². The number of allylic oxidation sites excluding steroid dienone is 2. The van der Waals surface area contributed by atoms with Crippen LogP contribution in [0.5, 0.6) is 0 Å². The van der Waals surface area contributed by atoms with Gasteiger partial charge in [0, 0.05) is 11.9 Å². The lowest BCUT2D eigenvalue weighted by Crippen LogP contribution is -2.25. The molecule has 0 saturated carbocycles. The number of carbonyl (C=O) groups is 1. The topological polar surface area (TPSA) is 107 Å². The molecule has 0 heterocycles. The fraction of sp³-hybridized carbons (Fsp3) is 0.286. The van der Waals surface area contributed by atoms with Crippen molar-refractivity contribution in [3.63, 3.8) is 0 Å². The molecule has 0 saturated heterocycles. The number of nitrogens with two attached hydrogens (primary N) is 1. The zero-order valence-electron chi connectivity index (χ0n) is 8.06. The molecule has 76 valence electrons. The third kappa shape index (κ3) is 2.77. The number of urea groups is 1. The predicted molar refractivity (Wildman–Crippen MR) is 53.2 cm³/mol. The highest BCUT2D eigenvalue weighted by atomic mass is 16.2. The second-order valence-corrected chi connectivity index (χ2v) is 2.25. The summed E-state index contributed by atoms with van der Waals surface area (Å²) in [6, 6.07) is -0.737. The molecule has 2 amide bonds. The van der Waals surface area contributed by atoms with Crippen LogP contribution in [-0.4, -0.2) is 31.0 Å². The Morgan fingerprint density at radius 3 is 2.50 bits per heavy atom. The third-order valence-corrected chi connectivity index (χ3v) is 1.26. The van der Waals surface area contributed by atoms with E-state index in [0.29, 0.717) is 0 Å². The fourth-order valence-electron chi connectivity index (χ4n) is 0.688. The number of hydrogen-bond donors (Lipinski definition) is 2. The van der Waals surface area contributed by atoms with Crippen LogP contribution in [0.3, 0.4) is 0 Å². The largest absolute Gasteiger partial charge is 0.400 e. The molecule has 0 aromatic heterocycles. The van der Waals surface area contributed by atoms with Gasteiger partial charge in [0.25, 0.3) is 0 Å². The van der Waals surface area contributed by atoms with Crippen LogP contribution < -0.4 is 5.73 Å². The summed E-state index contributed by atoms with van der Waals surface area (Å²) in [5.74, 6) is 0. The van der Waals surface area contributed by atoms with E-state index in [1.54, 1.807) is 0 Å². The first-order valence-corrected chi connectivity index (χ1v) is 3.65. The first-order chi connectivity index (χ1) is 6.58. The van der Waals surface area contributed by atoms with Crippen LogP contribution in [0.15, 0.2) is 26.7 Å². The van der Waals surface area contributed by atoms with Crippen LogP contribution in [0, 0.1) is 5.41 Å². The molecule has 0 aromatic rings. The number of hydrogen-bond acceptors (Lipinski definition) is 5. The average molecular weight is 196 g/mol. The molecule has 0 unspecified atom stereocenters. The Morgan fingerprint density at radius 2 is 2.21 bits per heavy atom. The van der Waals surface area contributed by atoms with Crippen molar-refractivity contribution in [3.8, 4) is 0 Å². The first kappa shape index (κ1) is 11.9. The third-order valence-electron chi connectivity index (χ3n) is 1.26. The van der Waals surface area contributed by atoms with E-state index in [-0.39, 0.29) is 11.4 Å². The van der Waals surface area contributed by atoms with Gasteiger partial charge in [-0.1, -0.05) is 5.22 Å². The standard InChI is InChI=1S/C7H12N6O/c1-5(9)6(4-8)13(12-11-3)7(14)10-2/h4,8H,2,9H2,1,3H3/b6-5-,8-4?,12-11-. The van der Waals surface area contributed by atoms with Crippen molar-refractivity contribution in [1.29, 1.82) is 5.41 Å². The van der Waals surface area contributed by atoms with Crippen molar-refractivity contribution in [3.05, 3.63) is 11.4 Å². The Morgan fingerprint density at radius 1 is 1.64 bits per heavy atom. The van der Waals surface area contributed by atoms with Crippen LogP contribution in [0.2, 0.25) is 0 Å². The zero-order chi connectivity index (χ0) is 11.1. The molecular formula is C7H12N6O. The molecule has 0 aliphatic rings. The van der Waals surface area contributed by atoms with Crippen molar-refractivity contribution < 1.29 is 4.79 Å². The van der Waals surface area contributed by atoms with Crippen LogP contribution in [-0.2, 0) is 0 Å². The molecule has 0 radical (unpaired) electrons. The smallest absolute Gasteiger partial charge is 0.369 e. The van der Waals surface area contributed by atoms with E-state index in [2.05, 4.69) is 22.0 Å². The van der Waals surface area contributed by atoms with Crippen molar-refractivity contribution in [2.24, 2.45) is 21.1 Å². The monoisotopic (exact) mass is 196 g/mol. The molecule has 0 aliphatic carbocycles. The Labute approximate surface area is 81.5 Å². The summed E-state index contributed by atoms with van der Waals surface area (Å²) in [6.07, 6.45) is 0.896. The lowest BCUT2D eigenvalue weighted by molar-refractivity contribution is 0.222. The van der Waals surface area contributed by atoms with E-state index in [1.165, 1.54) is 14.0 Å². The molecule has 0 bridgehead atoms. The molecule has 0 rings (SSSR count). The second kappa shape index (κ2) is 5.57. The SMILES string of the molecule is C=NC(=O)N(/N=N\C)/C(C=N)=C(/C)N. The predicted octanol–water partition coefficient (Wildman–Crippen LogP) is 0.946. The van der Waals surface area contributed by atoms with Gasteiger partial charge in [-0.2, -0.15) is 10.1 Å². The van der Waals surface area contributed by atoms with E-state index in [9.17, 15) is 4.79 Å². The van der Waals surface area contributed by atoms with Crippen molar-refractivity contribution in [2.75, 3.05) is 7.05 Å². The highest BCUT2D eigenvalue weighted by Gasteiger charge is 2.16. The summed E-state index contributed by atoms with van der Waals surface area (Å²) < 4.78 is 0. The Hall–Kier alpha value is -2.05. The molecule has 0 aromatic carbocycles. The highest BCUT2D eigenvalue weighted by molar-refractivity contribution is 5.88. The molecule has 14 heavy (non-hydrogen) atoms. The average Bonchev–Trinajstić information content (AvgIpc) is 2.16. The normalized spacial score (nSPS) is 12.1. The van der Waals surface area contributed by atoms with Gasteiger partial charge < -0.3 is 11.1 Å². The number of aliphatic imine (C=N–C) groups is 1. The zero-order valence-corrected chi connectivity index (χ0v) is 8.06. The number of rotatable bonds is 3. The lowest BCUT2D eigenvalue weighted by atomic mass is 10.3. The fourth-order valence-corrected chi connectivity index (χ4v) is 0.688. The van der Waals surface area contributed by atoms with Gasteiger partial charge in [-0.05, 0) is 13.6 Å². The molecule has 7 heteroatoms. The van der Waals surface area contributed by atoms with Gasteiger partial charge in [0.05, 0.1) is 7.05 Å². The summed E-state index contributed by atoms with van der Waals surface area (Å²) in [5, 5.41) is 14.7. The van der Waals surface area contributed by atoms with Crippen LogP contribution >= 0.6 is 0 Å². The van der Waals surface area contributed by atoms with E-state index in [4.69, 9.17) is 11.1 Å². The molecule has 0 atom stereocenters. The van der Waals surface area contributed by atoms with Crippen molar-refractivity contribution >= 4 is 19.0 Å². The summed E-state index contributed by atoms with van der Waals surface area (Å²) in [7, 11) is 1.39.